The highest BCUT2D eigenvalue weighted by molar-refractivity contribution is 6.26. The lowest BCUT2D eigenvalue weighted by atomic mass is 9.67. The van der Waals surface area contributed by atoms with E-state index < -0.39 is 5.41 Å². The summed E-state index contributed by atoms with van der Waals surface area (Å²) in [6.07, 6.45) is 0. The number of fused-ring (bicyclic) bond motifs is 16. The molecule has 15 rings (SSSR count). The Morgan fingerprint density at radius 1 is 0.246 bits per heavy atom. The molecular weight excluding hydrogens is 837 g/mol. The molecule has 2 aromatic heterocycles. The molecule has 0 aliphatic heterocycles. The fourth-order valence-corrected chi connectivity index (χ4v) is 12.1. The van der Waals surface area contributed by atoms with E-state index in [0.717, 1.165) is 60.6 Å². The highest BCUT2D eigenvalue weighted by atomic mass is 16.4. The fourth-order valence-electron chi connectivity index (χ4n) is 12.1. The van der Waals surface area contributed by atoms with Gasteiger partial charge in [0.15, 0.2) is 11.2 Å². The summed E-state index contributed by atoms with van der Waals surface area (Å²) in [5.74, 6) is 0. The number of benzene rings is 12. The van der Waals surface area contributed by atoms with E-state index in [1.807, 2.05) is 0 Å². The van der Waals surface area contributed by atoms with Crippen LogP contribution < -0.4 is 0 Å². The molecule has 1 aliphatic carbocycles. The molecule has 2 heteroatoms. The Hall–Kier alpha value is -8.98. The van der Waals surface area contributed by atoms with Gasteiger partial charge in [0.25, 0.3) is 0 Å². The molecule has 0 radical (unpaired) electrons. The molecule has 1 aliphatic rings. The van der Waals surface area contributed by atoms with Crippen LogP contribution in [0.1, 0.15) is 22.3 Å². The quantitative estimate of drug-likeness (QED) is 0.161. The van der Waals surface area contributed by atoms with Gasteiger partial charge in [0, 0.05) is 21.5 Å². The first kappa shape index (κ1) is 38.2. The van der Waals surface area contributed by atoms with Crippen molar-refractivity contribution in [2.75, 3.05) is 0 Å². The summed E-state index contributed by atoms with van der Waals surface area (Å²) in [6, 6.07) is 88.8. The zero-order chi connectivity index (χ0) is 45.2. The number of rotatable bonds is 5. The Balaban J connectivity index is 0.810. The Kier molecular flexibility index (Phi) is 8.02. The molecule has 0 saturated carbocycles. The zero-order valence-electron chi connectivity index (χ0n) is 37.4. The van der Waals surface area contributed by atoms with E-state index in [-0.39, 0.29) is 0 Å². The van der Waals surface area contributed by atoms with E-state index in [1.165, 1.54) is 82.4 Å². The van der Waals surface area contributed by atoms with E-state index in [0.29, 0.717) is 0 Å². The van der Waals surface area contributed by atoms with Crippen LogP contribution in [-0.2, 0) is 5.41 Å². The number of hydrogen-bond donors (Lipinski definition) is 0. The van der Waals surface area contributed by atoms with Crippen LogP contribution in [0.2, 0.25) is 0 Å². The molecule has 14 aromatic rings. The molecule has 320 valence electrons. The van der Waals surface area contributed by atoms with Crippen molar-refractivity contribution in [1.29, 1.82) is 0 Å². The van der Waals surface area contributed by atoms with Crippen LogP contribution in [0.25, 0.3) is 121 Å². The predicted molar refractivity (Wildman–Crippen MR) is 287 cm³/mol. The maximum atomic E-state index is 6.73. The van der Waals surface area contributed by atoms with Crippen molar-refractivity contribution in [2.45, 2.75) is 5.41 Å². The maximum absolute atomic E-state index is 6.73. The molecule has 0 bridgehead atoms. The first-order valence-corrected chi connectivity index (χ1v) is 23.8. The van der Waals surface area contributed by atoms with E-state index in [9.17, 15) is 0 Å². The minimum atomic E-state index is -0.461. The van der Waals surface area contributed by atoms with Crippen LogP contribution in [0.15, 0.2) is 251 Å². The van der Waals surface area contributed by atoms with Gasteiger partial charge < -0.3 is 8.83 Å². The van der Waals surface area contributed by atoms with Gasteiger partial charge in [-0.25, -0.2) is 0 Å². The third-order valence-electron chi connectivity index (χ3n) is 15.2. The standard InChI is InChI=1S/C67H40O2/c1-3-14-46(15-4-1)67(47-16-5-2-6-17-47)60-24-12-11-22-56(60)64-48(23-13-25-61(64)67)45-32-37-63-59(40-45)55-35-34-54-58-39-44(31-36-62(58)68-65(54)66(55)69-63)42-28-26-41(27-29-42)43-30-33-53-51-20-8-7-18-49(51)50-19-9-10-21-52(50)57(53)38-43/h1-40H. The Morgan fingerprint density at radius 3 is 1.25 bits per heavy atom. The Labute approximate surface area is 397 Å². The summed E-state index contributed by atoms with van der Waals surface area (Å²) in [5.41, 5.74) is 17.5. The highest BCUT2D eigenvalue weighted by Gasteiger charge is 2.46. The van der Waals surface area contributed by atoms with Gasteiger partial charge in [-0.1, -0.05) is 200 Å². The molecule has 0 N–H and O–H groups in total. The van der Waals surface area contributed by atoms with Crippen molar-refractivity contribution in [2.24, 2.45) is 0 Å². The summed E-state index contributed by atoms with van der Waals surface area (Å²) >= 11 is 0. The van der Waals surface area contributed by atoms with E-state index >= 15 is 0 Å². The summed E-state index contributed by atoms with van der Waals surface area (Å²) in [5, 5.41) is 11.9. The van der Waals surface area contributed by atoms with Crippen molar-refractivity contribution in [3.63, 3.8) is 0 Å². The Morgan fingerprint density at radius 2 is 0.652 bits per heavy atom. The molecule has 2 heterocycles. The third-order valence-corrected chi connectivity index (χ3v) is 15.2. The van der Waals surface area contributed by atoms with Gasteiger partial charge in [0.2, 0.25) is 0 Å². The second-order valence-electron chi connectivity index (χ2n) is 18.6. The lowest BCUT2D eigenvalue weighted by molar-refractivity contribution is 0.633. The Bertz CT molecular complexity index is 4330. The second kappa shape index (κ2) is 14.5. The van der Waals surface area contributed by atoms with E-state index in [2.05, 4.69) is 243 Å². The van der Waals surface area contributed by atoms with Crippen LogP contribution in [0.5, 0.6) is 0 Å². The normalized spacial score (nSPS) is 13.0. The number of furan rings is 2. The van der Waals surface area contributed by atoms with Crippen molar-refractivity contribution in [1.82, 2.24) is 0 Å². The van der Waals surface area contributed by atoms with Crippen LogP contribution in [0.4, 0.5) is 0 Å². The maximum Gasteiger partial charge on any atom is 0.178 e. The van der Waals surface area contributed by atoms with E-state index in [4.69, 9.17) is 8.83 Å². The van der Waals surface area contributed by atoms with Gasteiger partial charge in [-0.2, -0.15) is 0 Å². The van der Waals surface area contributed by atoms with Gasteiger partial charge in [0.05, 0.1) is 5.41 Å². The van der Waals surface area contributed by atoms with Crippen molar-refractivity contribution < 1.29 is 8.83 Å². The average Bonchev–Trinajstić information content (AvgIpc) is 4.09. The molecule has 2 nitrogen and oxygen atoms in total. The molecule has 0 atom stereocenters. The van der Waals surface area contributed by atoms with Gasteiger partial charge in [-0.15, -0.1) is 0 Å². The van der Waals surface area contributed by atoms with Crippen LogP contribution >= 0.6 is 0 Å². The molecule has 0 fully saturated rings. The lowest BCUT2D eigenvalue weighted by Gasteiger charge is -2.34. The van der Waals surface area contributed by atoms with E-state index in [1.54, 1.807) is 0 Å². The molecule has 0 unspecified atom stereocenters. The van der Waals surface area contributed by atoms with Gasteiger partial charge in [-0.3, -0.25) is 0 Å². The average molecular weight is 877 g/mol. The van der Waals surface area contributed by atoms with Crippen molar-refractivity contribution >= 4 is 76.2 Å². The third kappa shape index (κ3) is 5.43. The fraction of sp³-hybridized carbons (Fsp3) is 0.0149. The van der Waals surface area contributed by atoms with Crippen LogP contribution in [0.3, 0.4) is 0 Å². The van der Waals surface area contributed by atoms with Crippen LogP contribution in [0, 0.1) is 0 Å². The zero-order valence-corrected chi connectivity index (χ0v) is 37.4. The first-order chi connectivity index (χ1) is 34.2. The molecule has 0 amide bonds. The molecule has 12 aromatic carbocycles. The monoisotopic (exact) mass is 876 g/mol. The van der Waals surface area contributed by atoms with Crippen LogP contribution in [-0.4, -0.2) is 0 Å². The second-order valence-corrected chi connectivity index (χ2v) is 18.6. The van der Waals surface area contributed by atoms with Gasteiger partial charge in [0.1, 0.15) is 11.2 Å². The topological polar surface area (TPSA) is 26.3 Å². The lowest BCUT2D eigenvalue weighted by Crippen LogP contribution is -2.28. The smallest absolute Gasteiger partial charge is 0.178 e. The molecule has 0 saturated heterocycles. The first-order valence-electron chi connectivity index (χ1n) is 23.8. The number of hydrogen-bond acceptors (Lipinski definition) is 2. The van der Waals surface area contributed by atoms with Crippen molar-refractivity contribution in [3.8, 4) is 44.5 Å². The summed E-state index contributed by atoms with van der Waals surface area (Å²) in [7, 11) is 0. The molecule has 0 spiro atoms. The molecule has 69 heavy (non-hydrogen) atoms. The highest BCUT2D eigenvalue weighted by Crippen LogP contribution is 2.58. The minimum Gasteiger partial charge on any atom is -0.452 e. The van der Waals surface area contributed by atoms with Crippen molar-refractivity contribution in [3.05, 3.63) is 265 Å². The molecular formula is C67H40O2. The SMILES string of the molecule is c1ccc(C2(c3ccccc3)c3ccccc3-c3c(-c4ccc5oc6c(ccc7c8cc(-c9ccc(-c%10ccc%11c%12ccccc%12c%12ccccc%12c%11c%10)cc9)ccc8oc76)c5c4)cccc32)cc1. The van der Waals surface area contributed by atoms with Gasteiger partial charge in [-0.05, 0) is 142 Å². The summed E-state index contributed by atoms with van der Waals surface area (Å²) < 4.78 is 13.4. The largest absolute Gasteiger partial charge is 0.452 e. The van der Waals surface area contributed by atoms with Gasteiger partial charge >= 0.3 is 0 Å². The summed E-state index contributed by atoms with van der Waals surface area (Å²) in [4.78, 5) is 0. The summed E-state index contributed by atoms with van der Waals surface area (Å²) in [6.45, 7) is 0. The predicted octanol–water partition coefficient (Wildman–Crippen LogP) is 18.3. The minimum absolute atomic E-state index is 0.461.